The number of primary amides is 1. The lowest BCUT2D eigenvalue weighted by Gasteiger charge is -2.02. The van der Waals surface area contributed by atoms with Gasteiger partial charge in [-0.05, 0) is 0 Å². The van der Waals surface area contributed by atoms with Gasteiger partial charge in [0, 0.05) is 19.7 Å². The van der Waals surface area contributed by atoms with Gasteiger partial charge in [0.25, 0.3) is 5.91 Å². The third kappa shape index (κ3) is 2.28. The smallest absolute Gasteiger partial charge is 0.256 e. The van der Waals surface area contributed by atoms with Crippen LogP contribution in [0.25, 0.3) is 0 Å². The average molecular weight is 211 g/mol. The molecule has 6 heteroatoms. The molecule has 0 aromatic carbocycles. The van der Waals surface area contributed by atoms with E-state index >= 15 is 0 Å². The summed E-state index contributed by atoms with van der Waals surface area (Å²) in [6, 6.07) is 0. The lowest BCUT2D eigenvalue weighted by molar-refractivity contribution is -0.117. The van der Waals surface area contributed by atoms with E-state index in [4.69, 9.17) is 10.2 Å². The van der Waals surface area contributed by atoms with Crippen molar-refractivity contribution >= 4 is 17.7 Å². The maximum Gasteiger partial charge on any atom is 0.256 e. The van der Waals surface area contributed by atoms with Crippen LogP contribution in [0.15, 0.2) is 10.7 Å². The molecule has 0 unspecified atom stereocenters. The molecule has 15 heavy (non-hydrogen) atoms. The molecule has 0 saturated heterocycles. The second-order valence-electron chi connectivity index (χ2n) is 2.94. The van der Waals surface area contributed by atoms with Gasteiger partial charge >= 0.3 is 0 Å². The Kier molecular flexibility index (Phi) is 3.33. The zero-order valence-corrected chi connectivity index (χ0v) is 8.59. The van der Waals surface area contributed by atoms with E-state index in [1.807, 2.05) is 0 Å². The fourth-order valence-electron chi connectivity index (χ4n) is 1.27. The number of carbonyl (C=O) groups is 2. The molecule has 2 amide bonds. The molecule has 0 fully saturated rings. The molecule has 6 nitrogen and oxygen atoms in total. The molecule has 1 rings (SSSR count). The van der Waals surface area contributed by atoms with Gasteiger partial charge in [-0.1, -0.05) is 0 Å². The van der Waals surface area contributed by atoms with E-state index in [1.54, 1.807) is 7.05 Å². The summed E-state index contributed by atoms with van der Waals surface area (Å²) in [6.45, 7) is 0. The second-order valence-corrected chi connectivity index (χ2v) is 2.94. The zero-order valence-electron chi connectivity index (χ0n) is 8.59. The summed E-state index contributed by atoms with van der Waals surface area (Å²) in [5, 5.41) is 5.19. The first-order valence-corrected chi connectivity index (χ1v) is 4.38. The molecule has 1 aromatic heterocycles. The van der Waals surface area contributed by atoms with Gasteiger partial charge in [-0.15, -0.1) is 0 Å². The third-order valence-corrected chi connectivity index (χ3v) is 1.91. The van der Waals surface area contributed by atoms with Crippen LogP contribution in [0.3, 0.4) is 0 Å². The highest BCUT2D eigenvalue weighted by Gasteiger charge is 2.20. The Bertz CT molecular complexity index is 384. The maximum atomic E-state index is 11.5. The first-order chi connectivity index (χ1) is 7.10. The summed E-state index contributed by atoms with van der Waals surface area (Å²) in [4.78, 5) is 22.3. The molecule has 0 saturated carbocycles. The van der Waals surface area contributed by atoms with Gasteiger partial charge < -0.3 is 20.8 Å². The fraction of sp³-hybridized carbons (Fsp3) is 0.333. The number of rotatable bonds is 4. The Labute approximate surface area is 86.8 Å². The Morgan fingerprint density at radius 1 is 1.47 bits per heavy atom. The van der Waals surface area contributed by atoms with Crippen molar-refractivity contribution in [1.29, 1.82) is 0 Å². The molecule has 82 valence electrons. The molecule has 0 aliphatic carbocycles. The Hall–Kier alpha value is -1.98. The highest BCUT2D eigenvalue weighted by molar-refractivity contribution is 6.00. The van der Waals surface area contributed by atoms with Gasteiger partial charge in [0.05, 0.1) is 12.7 Å². The largest absolute Gasteiger partial charge is 0.448 e. The normalized spacial score (nSPS) is 9.73. The topological polar surface area (TPSA) is 97.4 Å². The zero-order chi connectivity index (χ0) is 11.4. The van der Waals surface area contributed by atoms with Crippen LogP contribution in [0.1, 0.15) is 15.9 Å². The number of nitrogens with two attached hydrogens (primary N) is 1. The highest BCUT2D eigenvalue weighted by atomic mass is 16.3. The molecule has 0 aliphatic heterocycles. The molecule has 4 N–H and O–H groups in total. The van der Waals surface area contributed by atoms with Crippen molar-refractivity contribution in [1.82, 2.24) is 5.32 Å². The molecular weight excluding hydrogens is 198 g/mol. The van der Waals surface area contributed by atoms with Crippen molar-refractivity contribution in [2.45, 2.75) is 6.42 Å². The van der Waals surface area contributed by atoms with Crippen molar-refractivity contribution < 1.29 is 14.0 Å². The molecule has 0 atom stereocenters. The van der Waals surface area contributed by atoms with Crippen LogP contribution < -0.4 is 16.4 Å². The summed E-state index contributed by atoms with van der Waals surface area (Å²) in [7, 11) is 3.13. The SMILES string of the molecule is CNC(=O)c1c(CC(N)=O)coc1NC. The van der Waals surface area contributed by atoms with Crippen molar-refractivity contribution in [2.24, 2.45) is 5.73 Å². The lowest BCUT2D eigenvalue weighted by Crippen LogP contribution is -2.22. The third-order valence-electron chi connectivity index (χ3n) is 1.91. The van der Waals surface area contributed by atoms with E-state index in [-0.39, 0.29) is 12.3 Å². The minimum absolute atomic E-state index is 0.0199. The van der Waals surface area contributed by atoms with Crippen LogP contribution in [-0.4, -0.2) is 25.9 Å². The van der Waals surface area contributed by atoms with Gasteiger partial charge in [0.1, 0.15) is 5.56 Å². The molecular formula is C9H13N3O3. The van der Waals surface area contributed by atoms with Crippen LogP contribution in [-0.2, 0) is 11.2 Å². The molecule has 1 heterocycles. The van der Waals surface area contributed by atoms with Crippen LogP contribution >= 0.6 is 0 Å². The predicted octanol–water partition coefficient (Wildman–Crippen LogP) is -0.291. The van der Waals surface area contributed by atoms with E-state index in [9.17, 15) is 9.59 Å². The summed E-state index contributed by atoms with van der Waals surface area (Å²) in [5.41, 5.74) is 5.85. The van der Waals surface area contributed by atoms with Crippen molar-refractivity contribution in [3.05, 3.63) is 17.4 Å². The highest BCUT2D eigenvalue weighted by Crippen LogP contribution is 2.22. The van der Waals surface area contributed by atoms with Crippen molar-refractivity contribution in [3.63, 3.8) is 0 Å². The number of amides is 2. The lowest BCUT2D eigenvalue weighted by atomic mass is 10.1. The van der Waals surface area contributed by atoms with E-state index < -0.39 is 5.91 Å². The molecule has 0 aliphatic rings. The Morgan fingerprint density at radius 3 is 2.60 bits per heavy atom. The quantitative estimate of drug-likeness (QED) is 0.637. The fourth-order valence-corrected chi connectivity index (χ4v) is 1.27. The van der Waals surface area contributed by atoms with Gasteiger partial charge in [-0.25, -0.2) is 0 Å². The minimum atomic E-state index is -0.511. The Balaban J connectivity index is 3.10. The van der Waals surface area contributed by atoms with E-state index in [1.165, 1.54) is 13.3 Å². The standard InChI is InChI=1S/C9H13N3O3/c1-11-8(14)7-5(3-6(10)13)4-15-9(7)12-2/h4,12H,3H2,1-2H3,(H2,10,13)(H,11,14). The van der Waals surface area contributed by atoms with Gasteiger partial charge in [-0.2, -0.15) is 0 Å². The van der Waals surface area contributed by atoms with E-state index in [0.29, 0.717) is 17.0 Å². The van der Waals surface area contributed by atoms with Crippen LogP contribution in [0.4, 0.5) is 5.88 Å². The van der Waals surface area contributed by atoms with Gasteiger partial charge in [0.2, 0.25) is 11.8 Å². The monoisotopic (exact) mass is 211 g/mol. The van der Waals surface area contributed by atoms with Gasteiger partial charge in [-0.3, -0.25) is 9.59 Å². The first-order valence-electron chi connectivity index (χ1n) is 4.38. The maximum absolute atomic E-state index is 11.5. The molecule has 0 radical (unpaired) electrons. The molecule has 1 aromatic rings. The van der Waals surface area contributed by atoms with Gasteiger partial charge in [0.15, 0.2) is 0 Å². The number of carbonyl (C=O) groups excluding carboxylic acids is 2. The number of anilines is 1. The summed E-state index contributed by atoms with van der Waals surface area (Å²) < 4.78 is 5.09. The number of nitrogens with one attached hydrogen (secondary N) is 2. The minimum Gasteiger partial charge on any atom is -0.448 e. The number of hydrogen-bond donors (Lipinski definition) is 3. The van der Waals surface area contributed by atoms with Crippen LogP contribution in [0, 0.1) is 0 Å². The number of furan rings is 1. The Morgan fingerprint density at radius 2 is 2.13 bits per heavy atom. The molecule has 0 bridgehead atoms. The summed E-state index contributed by atoms with van der Waals surface area (Å²) >= 11 is 0. The molecule has 0 spiro atoms. The number of hydrogen-bond acceptors (Lipinski definition) is 4. The van der Waals surface area contributed by atoms with E-state index in [0.717, 1.165) is 0 Å². The summed E-state index contributed by atoms with van der Waals surface area (Å²) in [5.74, 6) is -0.501. The average Bonchev–Trinajstić information content (AvgIpc) is 2.58. The summed E-state index contributed by atoms with van der Waals surface area (Å²) in [6.07, 6.45) is 1.33. The van der Waals surface area contributed by atoms with Crippen molar-refractivity contribution in [3.8, 4) is 0 Å². The van der Waals surface area contributed by atoms with E-state index in [2.05, 4.69) is 10.6 Å². The first kappa shape index (κ1) is 11.1. The van der Waals surface area contributed by atoms with Crippen LogP contribution in [0.5, 0.6) is 0 Å². The second kappa shape index (κ2) is 4.50. The predicted molar refractivity (Wildman–Crippen MR) is 54.5 cm³/mol. The van der Waals surface area contributed by atoms with Crippen molar-refractivity contribution in [2.75, 3.05) is 19.4 Å². The van der Waals surface area contributed by atoms with Crippen LogP contribution in [0.2, 0.25) is 0 Å².